The summed E-state index contributed by atoms with van der Waals surface area (Å²) in [5, 5.41) is 10.5. The predicted molar refractivity (Wildman–Crippen MR) is 93.0 cm³/mol. The first kappa shape index (κ1) is 15.6. The zero-order valence-corrected chi connectivity index (χ0v) is 13.9. The molecule has 0 unspecified atom stereocenters. The molecule has 7 heteroatoms. The van der Waals surface area contributed by atoms with Crippen molar-refractivity contribution in [2.45, 2.75) is 13.8 Å². The van der Waals surface area contributed by atoms with Gasteiger partial charge < -0.3 is 10.8 Å². The number of nitrogens with two attached hydrogens (primary N) is 1. The molecule has 2 aromatic heterocycles. The minimum Gasteiger partial charge on any atom is -0.512 e. The number of nitrogens with zero attached hydrogens (tertiary/aromatic N) is 2. The van der Waals surface area contributed by atoms with Gasteiger partial charge in [-0.3, -0.25) is 4.79 Å². The topological polar surface area (TPSA) is 80.6 Å². The third-order valence-corrected chi connectivity index (χ3v) is 4.33. The van der Waals surface area contributed by atoms with Crippen LogP contribution in [0.15, 0.2) is 29.1 Å². The first-order valence-corrected chi connectivity index (χ1v) is 7.54. The average molecular weight is 350 g/mol. The zero-order valence-electron chi connectivity index (χ0n) is 12.4. The molecule has 5 nitrogen and oxygen atoms in total. The fraction of sp³-hybridized carbons (Fsp3) is 0.125. The molecule has 3 rings (SSSR count). The van der Waals surface area contributed by atoms with Crippen molar-refractivity contribution in [2.24, 2.45) is 0 Å². The molecule has 0 amide bonds. The van der Waals surface area contributed by atoms with Gasteiger partial charge in [-0.25, -0.2) is 9.38 Å². The lowest BCUT2D eigenvalue weighted by Crippen LogP contribution is -2.35. The standard InChI is InChI=1S/C16H13Cl2N3O2/c1-7-11(9-3-5-10(17)6-4-9)13(18)21-15(7)20-14(19)12(8(2)22)16(21)23/h3-6,22H,1-2H3,(H2,19,20)/b12-8+. The van der Waals surface area contributed by atoms with Gasteiger partial charge in [0.05, 0.1) is 0 Å². The lowest BCUT2D eigenvalue weighted by atomic mass is 10.1. The molecular formula is C16H13Cl2N3O2. The highest BCUT2D eigenvalue weighted by Crippen LogP contribution is 2.34. The largest absolute Gasteiger partial charge is 0.512 e. The summed E-state index contributed by atoms with van der Waals surface area (Å²) in [4.78, 5) is 16.9. The first-order chi connectivity index (χ1) is 10.8. The number of rotatable bonds is 1. The van der Waals surface area contributed by atoms with Gasteiger partial charge in [-0.05, 0) is 31.5 Å². The van der Waals surface area contributed by atoms with Crippen molar-refractivity contribution in [2.75, 3.05) is 5.73 Å². The monoisotopic (exact) mass is 349 g/mol. The quantitative estimate of drug-likeness (QED) is 0.707. The van der Waals surface area contributed by atoms with E-state index in [2.05, 4.69) is 4.98 Å². The van der Waals surface area contributed by atoms with E-state index in [9.17, 15) is 9.90 Å². The van der Waals surface area contributed by atoms with Crippen molar-refractivity contribution >= 4 is 40.4 Å². The molecule has 2 heterocycles. The minimum absolute atomic E-state index is 0.0255. The lowest BCUT2D eigenvalue weighted by Gasteiger charge is -2.01. The Morgan fingerprint density at radius 3 is 2.43 bits per heavy atom. The normalized spacial score (nSPS) is 12.7. The molecule has 0 aliphatic rings. The van der Waals surface area contributed by atoms with Crippen molar-refractivity contribution in [1.29, 1.82) is 0 Å². The Morgan fingerprint density at radius 2 is 1.87 bits per heavy atom. The van der Waals surface area contributed by atoms with Crippen LogP contribution in [-0.2, 0) is 0 Å². The van der Waals surface area contributed by atoms with Crippen molar-refractivity contribution in [3.63, 3.8) is 0 Å². The zero-order chi connectivity index (χ0) is 16.9. The van der Waals surface area contributed by atoms with Crippen LogP contribution in [0.4, 0.5) is 5.82 Å². The third-order valence-electron chi connectivity index (χ3n) is 3.72. The number of aromatic nitrogens is 2. The van der Waals surface area contributed by atoms with Crippen LogP contribution in [0.25, 0.3) is 22.5 Å². The van der Waals surface area contributed by atoms with E-state index < -0.39 is 5.56 Å². The number of hydrogen-bond donors (Lipinski definition) is 2. The molecule has 0 fully saturated rings. The number of hydrogen-bond acceptors (Lipinski definition) is 4. The van der Waals surface area contributed by atoms with Gasteiger partial charge in [-0.1, -0.05) is 35.3 Å². The molecule has 3 N–H and O–H groups in total. The van der Waals surface area contributed by atoms with Crippen molar-refractivity contribution in [3.05, 3.63) is 55.6 Å². The van der Waals surface area contributed by atoms with E-state index in [0.29, 0.717) is 16.2 Å². The Kier molecular flexibility index (Phi) is 3.70. The molecule has 0 saturated heterocycles. The van der Waals surface area contributed by atoms with E-state index in [1.54, 1.807) is 12.1 Å². The van der Waals surface area contributed by atoms with E-state index in [1.165, 1.54) is 11.3 Å². The maximum absolute atomic E-state index is 12.6. The number of benzene rings is 1. The van der Waals surface area contributed by atoms with E-state index in [4.69, 9.17) is 28.9 Å². The van der Waals surface area contributed by atoms with Gasteiger partial charge in [0.2, 0.25) is 0 Å². The fourth-order valence-electron chi connectivity index (χ4n) is 2.64. The summed E-state index contributed by atoms with van der Waals surface area (Å²) in [7, 11) is 0. The predicted octanol–water partition coefficient (Wildman–Crippen LogP) is 2.96. The maximum atomic E-state index is 12.6. The summed E-state index contributed by atoms with van der Waals surface area (Å²) >= 11 is 12.3. The highest BCUT2D eigenvalue weighted by molar-refractivity contribution is 6.33. The Morgan fingerprint density at radius 1 is 1.26 bits per heavy atom. The SMILES string of the molecule is C/C(O)=c1/c(N)nc2c(C)c(-c3ccc(Cl)cc3)c(Cl)n2c1=O. The number of aliphatic hydroxyl groups is 1. The van der Waals surface area contributed by atoms with Gasteiger partial charge in [0.25, 0.3) is 5.56 Å². The van der Waals surface area contributed by atoms with Crippen molar-refractivity contribution < 1.29 is 5.11 Å². The maximum Gasteiger partial charge on any atom is 0.271 e. The summed E-state index contributed by atoms with van der Waals surface area (Å²) in [5.74, 6) is -0.222. The Bertz CT molecular complexity index is 1040. The number of fused-ring (bicyclic) bond motifs is 1. The summed E-state index contributed by atoms with van der Waals surface area (Å²) < 4.78 is 1.26. The van der Waals surface area contributed by atoms with Crippen LogP contribution in [0, 0.1) is 6.92 Å². The number of halogens is 2. The van der Waals surface area contributed by atoms with Crippen LogP contribution in [0.2, 0.25) is 10.2 Å². The van der Waals surface area contributed by atoms with E-state index >= 15 is 0 Å². The molecule has 3 aromatic rings. The number of aryl methyl sites for hydroxylation is 1. The summed E-state index contributed by atoms with van der Waals surface area (Å²) in [6, 6.07) is 7.11. The fourth-order valence-corrected chi connectivity index (χ4v) is 3.18. The summed E-state index contributed by atoms with van der Waals surface area (Å²) in [6.45, 7) is 3.19. The van der Waals surface area contributed by atoms with Crippen LogP contribution >= 0.6 is 23.2 Å². The van der Waals surface area contributed by atoms with E-state index in [1.807, 2.05) is 19.1 Å². The van der Waals surface area contributed by atoms with Crippen LogP contribution in [0.1, 0.15) is 12.5 Å². The average Bonchev–Trinajstić information content (AvgIpc) is 2.71. The molecule has 1 aromatic carbocycles. The van der Waals surface area contributed by atoms with Crippen molar-refractivity contribution in [3.8, 4) is 11.1 Å². The first-order valence-electron chi connectivity index (χ1n) is 6.78. The molecule has 0 saturated carbocycles. The van der Waals surface area contributed by atoms with Gasteiger partial charge in [-0.15, -0.1) is 0 Å². The number of anilines is 1. The highest BCUT2D eigenvalue weighted by atomic mass is 35.5. The molecule has 0 aliphatic heterocycles. The van der Waals surface area contributed by atoms with E-state index in [-0.39, 0.29) is 21.9 Å². The second-order valence-corrected chi connectivity index (χ2v) is 6.01. The third kappa shape index (κ3) is 2.33. The molecular weight excluding hydrogens is 337 g/mol. The Hall–Kier alpha value is -2.24. The summed E-state index contributed by atoms with van der Waals surface area (Å²) in [5.41, 5.74) is 7.90. The second kappa shape index (κ2) is 5.44. The molecule has 23 heavy (non-hydrogen) atoms. The Labute approximate surface area is 141 Å². The minimum atomic E-state index is -0.499. The smallest absolute Gasteiger partial charge is 0.271 e. The van der Waals surface area contributed by atoms with Crippen LogP contribution in [0.5, 0.6) is 0 Å². The summed E-state index contributed by atoms with van der Waals surface area (Å²) in [6.07, 6.45) is 0. The molecule has 0 bridgehead atoms. The highest BCUT2D eigenvalue weighted by Gasteiger charge is 2.20. The van der Waals surface area contributed by atoms with Gasteiger partial charge in [-0.2, -0.15) is 0 Å². The second-order valence-electron chi connectivity index (χ2n) is 5.22. The van der Waals surface area contributed by atoms with Gasteiger partial charge in [0.15, 0.2) is 0 Å². The molecule has 118 valence electrons. The molecule has 0 radical (unpaired) electrons. The van der Waals surface area contributed by atoms with Crippen molar-refractivity contribution in [1.82, 2.24) is 9.38 Å². The van der Waals surface area contributed by atoms with Crippen LogP contribution < -0.4 is 16.5 Å². The lowest BCUT2D eigenvalue weighted by molar-refractivity contribution is 0.498. The van der Waals surface area contributed by atoms with Crippen LogP contribution in [-0.4, -0.2) is 14.5 Å². The molecule has 0 atom stereocenters. The van der Waals surface area contributed by atoms with Gasteiger partial charge >= 0.3 is 0 Å². The van der Waals surface area contributed by atoms with E-state index in [0.717, 1.165) is 11.1 Å². The molecule has 0 aliphatic carbocycles. The van der Waals surface area contributed by atoms with Crippen LogP contribution in [0.3, 0.4) is 0 Å². The Balaban J connectivity index is 2.49. The van der Waals surface area contributed by atoms with Gasteiger partial charge in [0, 0.05) is 16.1 Å². The molecule has 0 spiro atoms. The number of nitrogen functional groups attached to an aromatic ring is 1. The number of aliphatic hydroxyl groups excluding tert-OH is 1. The van der Waals surface area contributed by atoms with Gasteiger partial charge in [0.1, 0.15) is 27.6 Å².